The summed E-state index contributed by atoms with van der Waals surface area (Å²) >= 11 is 0. The molecule has 0 bridgehead atoms. The molecule has 0 spiro atoms. The van der Waals surface area contributed by atoms with Crippen molar-refractivity contribution in [2.24, 2.45) is 0 Å². The van der Waals surface area contributed by atoms with E-state index in [-0.39, 0.29) is 5.91 Å². The number of aromatic nitrogens is 2. The number of amides is 1. The monoisotopic (exact) mass is 408 g/mol. The molecule has 2 aromatic carbocycles. The zero-order valence-corrected chi connectivity index (χ0v) is 17.5. The summed E-state index contributed by atoms with van der Waals surface area (Å²) in [6.45, 7) is 2.01. The van der Waals surface area contributed by atoms with E-state index in [0.29, 0.717) is 44.2 Å². The Morgan fingerprint density at radius 3 is 2.57 bits per heavy atom. The summed E-state index contributed by atoms with van der Waals surface area (Å²) in [6, 6.07) is 17.4. The van der Waals surface area contributed by atoms with Gasteiger partial charge in [-0.25, -0.2) is 0 Å². The minimum absolute atomic E-state index is 0.00380. The van der Waals surface area contributed by atoms with Gasteiger partial charge in [-0.05, 0) is 50.3 Å². The van der Waals surface area contributed by atoms with E-state index in [1.807, 2.05) is 68.7 Å². The molecule has 1 heterocycles. The molecule has 0 atom stereocenters. The summed E-state index contributed by atoms with van der Waals surface area (Å²) in [5.41, 5.74) is 1.93. The van der Waals surface area contributed by atoms with Crippen molar-refractivity contribution in [1.82, 2.24) is 20.4 Å². The van der Waals surface area contributed by atoms with Gasteiger partial charge in [0, 0.05) is 31.5 Å². The molecule has 7 nitrogen and oxygen atoms in total. The van der Waals surface area contributed by atoms with Gasteiger partial charge in [0.2, 0.25) is 17.7 Å². The van der Waals surface area contributed by atoms with Crippen LogP contribution < -0.4 is 10.1 Å². The van der Waals surface area contributed by atoms with Gasteiger partial charge < -0.3 is 19.4 Å². The first-order valence-electron chi connectivity index (χ1n) is 10.1. The Morgan fingerprint density at radius 2 is 1.83 bits per heavy atom. The number of ether oxygens (including phenoxy) is 1. The third-order valence-corrected chi connectivity index (χ3v) is 4.50. The first-order chi connectivity index (χ1) is 14.6. The maximum Gasteiger partial charge on any atom is 0.247 e. The van der Waals surface area contributed by atoms with Crippen molar-refractivity contribution in [3.63, 3.8) is 0 Å². The van der Waals surface area contributed by atoms with Gasteiger partial charge in [-0.2, -0.15) is 0 Å². The highest BCUT2D eigenvalue weighted by molar-refractivity contribution is 5.75. The highest BCUT2D eigenvalue weighted by Crippen LogP contribution is 2.17. The van der Waals surface area contributed by atoms with E-state index in [0.717, 1.165) is 23.4 Å². The molecule has 3 rings (SSSR count). The lowest BCUT2D eigenvalue weighted by Gasteiger charge is -2.11. The van der Waals surface area contributed by atoms with E-state index in [9.17, 15) is 4.79 Å². The number of hydrogen-bond acceptors (Lipinski definition) is 6. The second kappa shape index (κ2) is 11.1. The number of carbonyl (C=O) groups excluding carboxylic acids is 1. The molecular weight excluding hydrogens is 380 g/mol. The number of carbonyl (C=O) groups is 1. The third kappa shape index (κ3) is 7.00. The number of rotatable bonds is 11. The van der Waals surface area contributed by atoms with Gasteiger partial charge in [0.1, 0.15) is 12.4 Å². The number of hydrogen-bond donors (Lipinski definition) is 1. The van der Waals surface area contributed by atoms with Crippen LogP contribution in [-0.4, -0.2) is 48.3 Å². The number of nitrogens with one attached hydrogen (secondary N) is 1. The Kier molecular flexibility index (Phi) is 7.97. The molecule has 30 heavy (non-hydrogen) atoms. The SMILES string of the molecule is CN(C)CCOc1ccc(CNC(=O)CCCc2nnc(-c3ccccc3)o2)cc1. The predicted molar refractivity (Wildman–Crippen MR) is 115 cm³/mol. The average Bonchev–Trinajstić information content (AvgIpc) is 3.22. The molecular formula is C23H28N4O3. The van der Waals surface area contributed by atoms with Crippen LogP contribution in [0.15, 0.2) is 59.0 Å². The highest BCUT2D eigenvalue weighted by Gasteiger charge is 2.09. The van der Waals surface area contributed by atoms with Gasteiger partial charge in [0.25, 0.3) is 0 Å². The van der Waals surface area contributed by atoms with Crippen molar-refractivity contribution >= 4 is 5.91 Å². The lowest BCUT2D eigenvalue weighted by molar-refractivity contribution is -0.121. The van der Waals surface area contributed by atoms with Gasteiger partial charge >= 0.3 is 0 Å². The van der Waals surface area contributed by atoms with Gasteiger partial charge in [-0.15, -0.1) is 10.2 Å². The van der Waals surface area contributed by atoms with Gasteiger partial charge in [-0.3, -0.25) is 4.79 Å². The molecule has 3 aromatic rings. The molecule has 0 fully saturated rings. The quantitative estimate of drug-likeness (QED) is 0.524. The third-order valence-electron chi connectivity index (χ3n) is 4.50. The van der Waals surface area contributed by atoms with Crippen molar-refractivity contribution in [1.29, 1.82) is 0 Å². The maximum absolute atomic E-state index is 12.1. The van der Waals surface area contributed by atoms with Gasteiger partial charge in [-0.1, -0.05) is 30.3 Å². The Bertz CT molecular complexity index is 908. The fraction of sp³-hybridized carbons (Fsp3) is 0.348. The zero-order chi connectivity index (χ0) is 21.2. The van der Waals surface area contributed by atoms with Crippen LogP contribution in [0.2, 0.25) is 0 Å². The molecule has 0 aliphatic carbocycles. The summed E-state index contributed by atoms with van der Waals surface area (Å²) < 4.78 is 11.3. The van der Waals surface area contributed by atoms with Crippen molar-refractivity contribution in [3.8, 4) is 17.2 Å². The molecule has 0 unspecified atom stereocenters. The van der Waals surface area contributed by atoms with Crippen LogP contribution in [0.4, 0.5) is 0 Å². The first-order valence-corrected chi connectivity index (χ1v) is 10.1. The summed E-state index contributed by atoms with van der Waals surface area (Å²) in [4.78, 5) is 14.2. The van der Waals surface area contributed by atoms with E-state index < -0.39 is 0 Å². The predicted octanol–water partition coefficient (Wildman–Crippen LogP) is 3.32. The fourth-order valence-electron chi connectivity index (χ4n) is 2.79. The molecule has 1 N–H and O–H groups in total. The molecule has 0 saturated heterocycles. The zero-order valence-electron chi connectivity index (χ0n) is 17.5. The van der Waals surface area contributed by atoms with E-state index in [1.165, 1.54) is 0 Å². The summed E-state index contributed by atoms with van der Waals surface area (Å²) in [6.07, 6.45) is 1.64. The summed E-state index contributed by atoms with van der Waals surface area (Å²) in [5, 5.41) is 11.1. The van der Waals surface area contributed by atoms with Crippen LogP contribution in [0.1, 0.15) is 24.3 Å². The maximum atomic E-state index is 12.1. The molecule has 1 aromatic heterocycles. The minimum Gasteiger partial charge on any atom is -0.492 e. The second-order valence-electron chi connectivity index (χ2n) is 7.29. The highest BCUT2D eigenvalue weighted by atomic mass is 16.5. The van der Waals surface area contributed by atoms with Gasteiger partial charge in [0.05, 0.1) is 0 Å². The number of benzene rings is 2. The summed E-state index contributed by atoms with van der Waals surface area (Å²) in [5.74, 6) is 1.89. The lowest BCUT2D eigenvalue weighted by atomic mass is 10.2. The number of nitrogens with zero attached hydrogens (tertiary/aromatic N) is 3. The van der Waals surface area contributed by atoms with Crippen LogP contribution >= 0.6 is 0 Å². The van der Waals surface area contributed by atoms with Gasteiger partial charge in [0.15, 0.2) is 0 Å². The minimum atomic E-state index is 0.00380. The van der Waals surface area contributed by atoms with E-state index in [1.54, 1.807) is 0 Å². The van der Waals surface area contributed by atoms with Crippen molar-refractivity contribution in [2.45, 2.75) is 25.8 Å². The number of likely N-dealkylation sites (N-methyl/N-ethyl adjacent to an activating group) is 1. The van der Waals surface area contributed by atoms with E-state index >= 15 is 0 Å². The first kappa shape index (κ1) is 21.5. The van der Waals surface area contributed by atoms with Crippen LogP contribution in [0.5, 0.6) is 5.75 Å². The molecule has 0 saturated carbocycles. The molecule has 7 heteroatoms. The molecule has 1 amide bonds. The molecule has 158 valence electrons. The van der Waals surface area contributed by atoms with Crippen LogP contribution in [0, 0.1) is 0 Å². The summed E-state index contributed by atoms with van der Waals surface area (Å²) in [7, 11) is 4.03. The Labute approximate surface area is 177 Å². The van der Waals surface area contributed by atoms with E-state index in [2.05, 4.69) is 20.4 Å². The standard InChI is InChI=1S/C23H28N4O3/c1-27(2)15-16-29-20-13-11-18(12-14-20)17-24-21(28)9-6-10-22-25-26-23(30-22)19-7-4-3-5-8-19/h3-5,7-8,11-14H,6,9-10,15-17H2,1-2H3,(H,24,28). The average molecular weight is 409 g/mol. The van der Waals surface area contributed by atoms with Crippen LogP contribution in [0.25, 0.3) is 11.5 Å². The number of aryl methyl sites for hydroxylation is 1. The van der Waals surface area contributed by atoms with Crippen LogP contribution in [-0.2, 0) is 17.8 Å². The molecule has 0 aliphatic rings. The largest absolute Gasteiger partial charge is 0.492 e. The molecule has 0 aliphatic heterocycles. The van der Waals surface area contributed by atoms with Crippen LogP contribution in [0.3, 0.4) is 0 Å². The lowest BCUT2D eigenvalue weighted by Crippen LogP contribution is -2.22. The Hall–Kier alpha value is -3.19. The van der Waals surface area contributed by atoms with Crippen molar-refractivity contribution in [2.75, 3.05) is 27.2 Å². The van der Waals surface area contributed by atoms with E-state index in [4.69, 9.17) is 9.15 Å². The smallest absolute Gasteiger partial charge is 0.247 e. The fourth-order valence-corrected chi connectivity index (χ4v) is 2.79. The Morgan fingerprint density at radius 1 is 1.07 bits per heavy atom. The second-order valence-corrected chi connectivity index (χ2v) is 7.29. The molecule has 0 radical (unpaired) electrons. The topological polar surface area (TPSA) is 80.5 Å². The normalized spacial score (nSPS) is 10.9. The van der Waals surface area contributed by atoms with Crippen molar-refractivity contribution in [3.05, 3.63) is 66.1 Å². The Balaban J connectivity index is 1.35. The van der Waals surface area contributed by atoms with Crippen molar-refractivity contribution < 1.29 is 13.9 Å².